The number of carbonyl (C=O) groups excluding carboxylic acids is 3. The molecule has 0 unspecified atom stereocenters. The number of hydrogen-bond acceptors (Lipinski definition) is 4. The van der Waals surface area contributed by atoms with Gasteiger partial charge in [-0.2, -0.15) is 13.2 Å². The van der Waals surface area contributed by atoms with Gasteiger partial charge in [0.25, 0.3) is 11.8 Å². The van der Waals surface area contributed by atoms with Crippen LogP contribution in [0.3, 0.4) is 0 Å². The zero-order chi connectivity index (χ0) is 29.1. The Bertz CT molecular complexity index is 1250. The number of nitrogens with zero attached hydrogens (tertiary/aromatic N) is 2. The summed E-state index contributed by atoms with van der Waals surface area (Å²) in [6, 6.07) is 9.90. The van der Waals surface area contributed by atoms with Crippen molar-refractivity contribution in [3.8, 4) is 0 Å². The molecule has 4 rings (SSSR count). The maximum atomic E-state index is 14.6. The van der Waals surface area contributed by atoms with Crippen molar-refractivity contribution in [3.05, 3.63) is 65.0 Å². The van der Waals surface area contributed by atoms with Crippen LogP contribution >= 0.6 is 0 Å². The molecule has 1 heterocycles. The number of piperazine rings is 1. The molecule has 0 aromatic heterocycles. The highest BCUT2D eigenvalue weighted by atomic mass is 19.4. The van der Waals surface area contributed by atoms with E-state index in [1.54, 1.807) is 23.1 Å². The van der Waals surface area contributed by atoms with E-state index < -0.39 is 29.5 Å². The second-order valence-corrected chi connectivity index (χ2v) is 10.8. The Kier molecular flexibility index (Phi) is 8.67. The molecular formula is C28H33F4N5O3. The topological polar surface area (TPSA) is 93.8 Å². The van der Waals surface area contributed by atoms with Crippen LogP contribution in [0.1, 0.15) is 53.0 Å². The van der Waals surface area contributed by atoms with Crippen LogP contribution in [-0.2, 0) is 6.54 Å². The van der Waals surface area contributed by atoms with Crippen molar-refractivity contribution in [2.75, 3.05) is 38.0 Å². The third-order valence-electron chi connectivity index (χ3n) is 7.10. The largest absolute Gasteiger partial charge is 0.410 e. The molecule has 1 aliphatic carbocycles. The summed E-state index contributed by atoms with van der Waals surface area (Å²) in [7, 11) is 0. The van der Waals surface area contributed by atoms with Gasteiger partial charge in [0, 0.05) is 50.4 Å². The number of carbonyl (C=O) groups is 3. The lowest BCUT2D eigenvalue weighted by Crippen LogP contribution is -2.54. The minimum Gasteiger partial charge on any atom is -0.338 e. The molecule has 0 atom stereocenters. The number of hydrogen-bond donors (Lipinski definition) is 3. The van der Waals surface area contributed by atoms with Crippen LogP contribution in [0.5, 0.6) is 0 Å². The monoisotopic (exact) mass is 563 g/mol. The van der Waals surface area contributed by atoms with Crippen molar-refractivity contribution < 1.29 is 31.9 Å². The van der Waals surface area contributed by atoms with Gasteiger partial charge in [0.05, 0.1) is 5.69 Å². The van der Waals surface area contributed by atoms with E-state index in [9.17, 15) is 31.9 Å². The first-order valence-corrected chi connectivity index (χ1v) is 13.2. The third kappa shape index (κ3) is 7.50. The van der Waals surface area contributed by atoms with Crippen LogP contribution < -0.4 is 16.0 Å². The molecule has 3 N–H and O–H groups in total. The van der Waals surface area contributed by atoms with Gasteiger partial charge in [-0.15, -0.1) is 0 Å². The first-order valence-electron chi connectivity index (χ1n) is 13.2. The average Bonchev–Trinajstić information content (AvgIpc) is 3.73. The standard InChI is InChI=1S/C28H33F4N5O3/c1-27(2,28(30,31)32)35-24(38)20-5-3-4-19(14-20)17-36-10-12-37(13-11-36)25(39)21-8-9-23(22(29)15-21)34-26(40)33-16-18-6-7-18/h3-5,8-9,14-15,18H,6-7,10-13,16-17H2,1-2H3,(H,35,38)(H2,33,34,40). The van der Waals surface area contributed by atoms with Gasteiger partial charge in [-0.25, -0.2) is 9.18 Å². The molecule has 0 radical (unpaired) electrons. The SMILES string of the molecule is CC(C)(NC(=O)c1cccc(CN2CCN(C(=O)c3ccc(NC(=O)NCC4CC4)c(F)c3)CC2)c1)C(F)(F)F. The summed E-state index contributed by atoms with van der Waals surface area (Å²) >= 11 is 0. The lowest BCUT2D eigenvalue weighted by molar-refractivity contribution is -0.182. The van der Waals surface area contributed by atoms with Crippen molar-refractivity contribution in [3.63, 3.8) is 0 Å². The van der Waals surface area contributed by atoms with Crippen LogP contribution in [0.4, 0.5) is 28.0 Å². The summed E-state index contributed by atoms with van der Waals surface area (Å²) in [5, 5.41) is 7.19. The lowest BCUT2D eigenvalue weighted by atomic mass is 10.0. The van der Waals surface area contributed by atoms with Gasteiger partial charge < -0.3 is 20.9 Å². The number of anilines is 1. The maximum absolute atomic E-state index is 14.6. The highest BCUT2D eigenvalue weighted by Gasteiger charge is 2.48. The zero-order valence-electron chi connectivity index (χ0n) is 22.4. The van der Waals surface area contributed by atoms with Crippen molar-refractivity contribution in [2.24, 2.45) is 5.92 Å². The van der Waals surface area contributed by atoms with Gasteiger partial charge in [0.15, 0.2) is 0 Å². The molecule has 1 saturated carbocycles. The molecule has 2 aromatic rings. The predicted octanol–water partition coefficient (Wildman–Crippen LogP) is 4.39. The predicted molar refractivity (Wildman–Crippen MR) is 141 cm³/mol. The number of benzene rings is 2. The fourth-order valence-corrected chi connectivity index (χ4v) is 4.26. The molecule has 0 bridgehead atoms. The highest BCUT2D eigenvalue weighted by Crippen LogP contribution is 2.30. The van der Waals surface area contributed by atoms with Gasteiger partial charge >= 0.3 is 12.2 Å². The fourth-order valence-electron chi connectivity index (χ4n) is 4.26. The quantitative estimate of drug-likeness (QED) is 0.416. The Balaban J connectivity index is 1.28. The van der Waals surface area contributed by atoms with Crippen molar-refractivity contribution in [2.45, 2.75) is 44.9 Å². The normalized spacial score (nSPS) is 16.4. The molecule has 40 heavy (non-hydrogen) atoms. The Morgan fingerprint density at radius 2 is 1.65 bits per heavy atom. The van der Waals surface area contributed by atoms with Crippen LogP contribution in [0.15, 0.2) is 42.5 Å². The first-order chi connectivity index (χ1) is 18.8. The summed E-state index contributed by atoms with van der Waals surface area (Å²) in [4.78, 5) is 41.0. The Morgan fingerprint density at radius 1 is 0.950 bits per heavy atom. The second kappa shape index (κ2) is 11.8. The van der Waals surface area contributed by atoms with E-state index in [0.29, 0.717) is 45.2 Å². The summed E-state index contributed by atoms with van der Waals surface area (Å²) < 4.78 is 54.0. The molecule has 2 fully saturated rings. The summed E-state index contributed by atoms with van der Waals surface area (Å²) in [6.45, 7) is 4.64. The van der Waals surface area contributed by atoms with Crippen LogP contribution in [0.2, 0.25) is 0 Å². The summed E-state index contributed by atoms with van der Waals surface area (Å²) in [5.41, 5.74) is -1.32. The number of urea groups is 1. The minimum atomic E-state index is -4.59. The Labute approximate surface area is 230 Å². The molecule has 4 amide bonds. The summed E-state index contributed by atoms with van der Waals surface area (Å²) in [5.74, 6) is -1.35. The van der Waals surface area contributed by atoms with Crippen molar-refractivity contribution in [1.82, 2.24) is 20.4 Å². The second-order valence-electron chi connectivity index (χ2n) is 10.8. The molecule has 216 valence electrons. The number of amides is 4. The van der Waals surface area contributed by atoms with E-state index in [4.69, 9.17) is 0 Å². The van der Waals surface area contributed by atoms with Crippen LogP contribution in [-0.4, -0.2) is 72.1 Å². The maximum Gasteiger partial charge on any atom is 0.410 e. The van der Waals surface area contributed by atoms with Gasteiger partial charge in [-0.1, -0.05) is 12.1 Å². The van der Waals surface area contributed by atoms with E-state index in [-0.39, 0.29) is 22.7 Å². The van der Waals surface area contributed by atoms with E-state index in [1.807, 2.05) is 5.32 Å². The smallest absolute Gasteiger partial charge is 0.338 e. The van der Waals surface area contributed by atoms with E-state index >= 15 is 0 Å². The van der Waals surface area contributed by atoms with Gasteiger partial charge in [0.2, 0.25) is 0 Å². The number of rotatable bonds is 8. The third-order valence-corrected chi connectivity index (χ3v) is 7.10. The zero-order valence-corrected chi connectivity index (χ0v) is 22.4. The molecule has 0 spiro atoms. The number of alkyl halides is 3. The van der Waals surface area contributed by atoms with Gasteiger partial charge in [-0.05, 0) is 68.5 Å². The van der Waals surface area contributed by atoms with E-state index in [1.165, 1.54) is 18.2 Å². The van der Waals surface area contributed by atoms with Crippen molar-refractivity contribution in [1.29, 1.82) is 0 Å². The molecule has 2 aliphatic rings. The van der Waals surface area contributed by atoms with Gasteiger partial charge in [-0.3, -0.25) is 14.5 Å². The molecule has 1 aliphatic heterocycles. The molecule has 12 heteroatoms. The molecule has 8 nitrogen and oxygen atoms in total. The fraction of sp³-hybridized carbons (Fsp3) is 0.464. The molecule has 1 saturated heterocycles. The molecular weight excluding hydrogens is 530 g/mol. The number of halogens is 4. The highest BCUT2D eigenvalue weighted by molar-refractivity contribution is 5.96. The van der Waals surface area contributed by atoms with E-state index in [0.717, 1.165) is 38.3 Å². The van der Waals surface area contributed by atoms with Gasteiger partial charge in [0.1, 0.15) is 11.4 Å². The number of nitrogens with one attached hydrogen (secondary N) is 3. The average molecular weight is 564 g/mol. The Morgan fingerprint density at radius 3 is 2.27 bits per heavy atom. The first kappa shape index (κ1) is 29.3. The lowest BCUT2D eigenvalue weighted by Gasteiger charge is -2.35. The van der Waals surface area contributed by atoms with E-state index in [2.05, 4.69) is 15.5 Å². The molecule has 2 aromatic carbocycles. The van der Waals surface area contributed by atoms with Crippen LogP contribution in [0, 0.1) is 11.7 Å². The Hall–Kier alpha value is -3.67. The summed E-state index contributed by atoms with van der Waals surface area (Å²) in [6.07, 6.45) is -2.43. The van der Waals surface area contributed by atoms with Crippen LogP contribution in [0.25, 0.3) is 0 Å². The minimum absolute atomic E-state index is 0.00690. The van der Waals surface area contributed by atoms with Crippen molar-refractivity contribution >= 4 is 23.5 Å².